The summed E-state index contributed by atoms with van der Waals surface area (Å²) in [6.45, 7) is 2.63. The van der Waals surface area contributed by atoms with E-state index in [1.165, 1.54) is 5.56 Å². The molecule has 0 aliphatic carbocycles. The number of carbonyl (C=O) groups is 1. The van der Waals surface area contributed by atoms with Crippen molar-refractivity contribution in [3.8, 4) is 0 Å². The van der Waals surface area contributed by atoms with Crippen LogP contribution in [0.25, 0.3) is 0 Å². The highest BCUT2D eigenvalue weighted by Gasteiger charge is 2.12. The summed E-state index contributed by atoms with van der Waals surface area (Å²) in [6, 6.07) is 9.69. The quantitative estimate of drug-likeness (QED) is 0.872. The van der Waals surface area contributed by atoms with Crippen LogP contribution in [-0.4, -0.2) is 15.6 Å². The highest BCUT2D eigenvalue weighted by Crippen LogP contribution is 2.15. The highest BCUT2D eigenvalue weighted by atomic mass is 127. The number of benzene rings is 1. The van der Waals surface area contributed by atoms with Crippen molar-refractivity contribution in [3.05, 3.63) is 56.9 Å². The first-order valence-electron chi connectivity index (χ1n) is 5.21. The first-order valence-corrected chi connectivity index (χ1v) is 6.29. The fourth-order valence-electron chi connectivity index (χ4n) is 1.76. The zero-order chi connectivity index (χ0) is 12.4. The Labute approximate surface area is 113 Å². The summed E-state index contributed by atoms with van der Waals surface area (Å²) >= 11 is 2.13. The summed E-state index contributed by atoms with van der Waals surface area (Å²) in [5.41, 5.74) is 2.65. The zero-order valence-corrected chi connectivity index (χ0v) is 11.5. The molecule has 1 aromatic heterocycles. The number of hydrogen-bond donors (Lipinski definition) is 1. The van der Waals surface area contributed by atoms with Gasteiger partial charge in [-0.15, -0.1) is 0 Å². The topological polar surface area (TPSA) is 42.2 Å². The van der Waals surface area contributed by atoms with Crippen LogP contribution in [-0.2, 0) is 6.54 Å². The largest absolute Gasteiger partial charge is 0.477 e. The number of carboxylic acids is 1. The predicted molar refractivity (Wildman–Crippen MR) is 74.4 cm³/mol. The van der Waals surface area contributed by atoms with Crippen molar-refractivity contribution < 1.29 is 9.90 Å². The molecule has 3 nitrogen and oxygen atoms in total. The van der Waals surface area contributed by atoms with E-state index in [9.17, 15) is 4.79 Å². The Bertz CT molecular complexity index is 560. The molecule has 0 bridgehead atoms. The summed E-state index contributed by atoms with van der Waals surface area (Å²) < 4.78 is 2.71. The maximum Gasteiger partial charge on any atom is 0.352 e. The second kappa shape index (κ2) is 4.91. The standard InChI is InChI=1S/C13H12INO2/c1-9-4-2-3-5-10(9)7-15-8-11(14)6-12(15)13(16)17/h2-6,8H,7H2,1H3,(H,16,17). The van der Waals surface area contributed by atoms with Crippen LogP contribution >= 0.6 is 22.6 Å². The number of aryl methyl sites for hydroxylation is 1. The van der Waals surface area contributed by atoms with Crippen molar-refractivity contribution >= 4 is 28.6 Å². The van der Waals surface area contributed by atoms with Crippen molar-refractivity contribution in [2.45, 2.75) is 13.5 Å². The molecule has 0 aliphatic rings. The number of hydrogen-bond acceptors (Lipinski definition) is 1. The average molecular weight is 341 g/mol. The first kappa shape index (κ1) is 12.2. The molecule has 1 N–H and O–H groups in total. The summed E-state index contributed by atoms with van der Waals surface area (Å²) in [5, 5.41) is 9.10. The van der Waals surface area contributed by atoms with Gasteiger partial charge in [-0.3, -0.25) is 0 Å². The molecule has 0 aliphatic heterocycles. The average Bonchev–Trinajstić information content (AvgIpc) is 2.63. The minimum atomic E-state index is -0.887. The van der Waals surface area contributed by atoms with Gasteiger partial charge in [-0.25, -0.2) is 4.79 Å². The highest BCUT2D eigenvalue weighted by molar-refractivity contribution is 14.1. The lowest BCUT2D eigenvalue weighted by Crippen LogP contribution is -2.09. The van der Waals surface area contributed by atoms with Crippen LogP contribution in [0.3, 0.4) is 0 Å². The van der Waals surface area contributed by atoms with E-state index in [1.54, 1.807) is 10.6 Å². The molecular formula is C13H12INO2. The molecule has 4 heteroatoms. The third-order valence-corrected chi connectivity index (χ3v) is 3.27. The molecule has 1 heterocycles. The van der Waals surface area contributed by atoms with Crippen LogP contribution in [0.2, 0.25) is 0 Å². The third kappa shape index (κ3) is 2.69. The molecule has 2 rings (SSSR count). The van der Waals surface area contributed by atoms with Gasteiger partial charge in [0.2, 0.25) is 0 Å². The molecule has 88 valence electrons. The van der Waals surface area contributed by atoms with E-state index >= 15 is 0 Å². The third-order valence-electron chi connectivity index (χ3n) is 2.68. The van der Waals surface area contributed by atoms with Crippen LogP contribution in [0.1, 0.15) is 21.6 Å². The minimum absolute atomic E-state index is 0.331. The predicted octanol–water partition coefficient (Wildman–Crippen LogP) is 3.15. The van der Waals surface area contributed by atoms with E-state index in [-0.39, 0.29) is 0 Å². The van der Waals surface area contributed by atoms with Gasteiger partial charge in [0.15, 0.2) is 0 Å². The van der Waals surface area contributed by atoms with E-state index in [2.05, 4.69) is 22.6 Å². The maximum absolute atomic E-state index is 11.1. The Morgan fingerprint density at radius 2 is 2.12 bits per heavy atom. The van der Waals surface area contributed by atoms with E-state index in [4.69, 9.17) is 5.11 Å². The van der Waals surface area contributed by atoms with Gasteiger partial charge in [-0.05, 0) is 46.7 Å². The SMILES string of the molecule is Cc1ccccc1Cn1cc(I)cc1C(=O)O. The molecule has 0 unspecified atom stereocenters. The Morgan fingerprint density at radius 3 is 2.76 bits per heavy atom. The molecular weight excluding hydrogens is 329 g/mol. The number of halogens is 1. The zero-order valence-electron chi connectivity index (χ0n) is 9.35. The molecule has 0 spiro atoms. The molecule has 2 aromatic rings. The second-order valence-corrected chi connectivity index (χ2v) is 5.15. The van der Waals surface area contributed by atoms with Crippen LogP contribution in [0.15, 0.2) is 36.5 Å². The molecule has 17 heavy (non-hydrogen) atoms. The van der Waals surface area contributed by atoms with Gasteiger partial charge in [0.25, 0.3) is 0 Å². The lowest BCUT2D eigenvalue weighted by molar-refractivity contribution is 0.0685. The minimum Gasteiger partial charge on any atom is -0.477 e. The van der Waals surface area contributed by atoms with Crippen molar-refractivity contribution in [1.82, 2.24) is 4.57 Å². The second-order valence-electron chi connectivity index (χ2n) is 3.90. The molecule has 1 aromatic carbocycles. The number of aromatic carboxylic acids is 1. The van der Waals surface area contributed by atoms with Gasteiger partial charge in [-0.2, -0.15) is 0 Å². The molecule has 0 saturated carbocycles. The Kier molecular flexibility index (Phi) is 3.51. The fraction of sp³-hybridized carbons (Fsp3) is 0.154. The number of rotatable bonds is 3. The Balaban J connectivity index is 2.36. The lowest BCUT2D eigenvalue weighted by atomic mass is 10.1. The molecule has 0 radical (unpaired) electrons. The summed E-state index contributed by atoms with van der Waals surface area (Å²) in [6.07, 6.45) is 1.86. The van der Waals surface area contributed by atoms with Crippen molar-refractivity contribution in [2.24, 2.45) is 0 Å². The van der Waals surface area contributed by atoms with Gasteiger partial charge in [0, 0.05) is 16.3 Å². The fourth-order valence-corrected chi connectivity index (χ4v) is 2.39. The van der Waals surface area contributed by atoms with Crippen molar-refractivity contribution in [2.75, 3.05) is 0 Å². The van der Waals surface area contributed by atoms with Crippen molar-refractivity contribution in [1.29, 1.82) is 0 Å². The van der Waals surface area contributed by atoms with Gasteiger partial charge >= 0.3 is 5.97 Å². The summed E-state index contributed by atoms with van der Waals surface area (Å²) in [5.74, 6) is -0.887. The monoisotopic (exact) mass is 341 g/mol. The lowest BCUT2D eigenvalue weighted by Gasteiger charge is -2.08. The molecule has 0 fully saturated rings. The summed E-state index contributed by atoms with van der Waals surface area (Å²) in [7, 11) is 0. The van der Waals surface area contributed by atoms with Crippen LogP contribution < -0.4 is 0 Å². The number of aromatic nitrogens is 1. The molecule has 0 saturated heterocycles. The van der Waals surface area contributed by atoms with Gasteiger partial charge < -0.3 is 9.67 Å². The number of carboxylic acid groups (broad SMARTS) is 1. The number of nitrogens with zero attached hydrogens (tertiary/aromatic N) is 1. The van der Waals surface area contributed by atoms with Crippen LogP contribution in [0.5, 0.6) is 0 Å². The van der Waals surface area contributed by atoms with Crippen LogP contribution in [0, 0.1) is 10.5 Å². The van der Waals surface area contributed by atoms with E-state index in [0.717, 1.165) is 9.13 Å². The van der Waals surface area contributed by atoms with Gasteiger partial charge in [0.05, 0.1) is 0 Å². The normalized spacial score (nSPS) is 10.5. The van der Waals surface area contributed by atoms with Gasteiger partial charge in [-0.1, -0.05) is 24.3 Å². The van der Waals surface area contributed by atoms with Crippen molar-refractivity contribution in [3.63, 3.8) is 0 Å². The summed E-state index contributed by atoms with van der Waals surface area (Å²) in [4.78, 5) is 11.1. The Hall–Kier alpha value is -1.30. The maximum atomic E-state index is 11.1. The smallest absolute Gasteiger partial charge is 0.352 e. The Morgan fingerprint density at radius 1 is 1.41 bits per heavy atom. The van der Waals surface area contributed by atoms with E-state index < -0.39 is 5.97 Å². The van der Waals surface area contributed by atoms with Gasteiger partial charge in [0.1, 0.15) is 5.69 Å². The van der Waals surface area contributed by atoms with Crippen LogP contribution in [0.4, 0.5) is 0 Å². The van der Waals surface area contributed by atoms with E-state index in [0.29, 0.717) is 12.2 Å². The molecule has 0 atom stereocenters. The van der Waals surface area contributed by atoms with E-state index in [1.807, 2.05) is 37.4 Å². The molecule has 0 amide bonds. The first-order chi connectivity index (χ1) is 8.08.